The molecule has 4 amide bonds. The maximum absolute atomic E-state index is 12.4. The summed E-state index contributed by atoms with van der Waals surface area (Å²) in [5.74, 6) is -0.979. The molecule has 2 fully saturated rings. The van der Waals surface area contributed by atoms with Crippen LogP contribution in [-0.4, -0.2) is 44.8 Å². The van der Waals surface area contributed by atoms with Crippen LogP contribution >= 0.6 is 11.3 Å². The molecule has 2 aromatic rings. The number of anilines is 2. The van der Waals surface area contributed by atoms with Gasteiger partial charge in [-0.15, -0.1) is 11.3 Å². The predicted octanol–water partition coefficient (Wildman–Crippen LogP) is 2.77. The second-order valence-corrected chi connectivity index (χ2v) is 7.83. The Morgan fingerprint density at radius 3 is 2.45 bits per heavy atom. The molecule has 0 radical (unpaired) electrons. The molecular formula is C19H18N4O5S. The fourth-order valence-corrected chi connectivity index (χ4v) is 3.86. The molecule has 1 aromatic heterocycles. The number of carbonyl (C=O) groups is 4. The van der Waals surface area contributed by atoms with Crippen molar-refractivity contribution >= 4 is 46.0 Å². The molecule has 1 atom stereocenters. The van der Waals surface area contributed by atoms with Crippen LogP contribution in [0.25, 0.3) is 11.3 Å². The maximum atomic E-state index is 12.4. The molecule has 1 saturated carbocycles. The molecule has 9 nitrogen and oxygen atoms in total. The van der Waals surface area contributed by atoms with Crippen molar-refractivity contribution in [2.45, 2.75) is 31.7 Å². The Kier molecular flexibility index (Phi) is 5.01. The number of rotatable bonds is 5. The van der Waals surface area contributed by atoms with E-state index in [1.165, 1.54) is 11.3 Å². The van der Waals surface area contributed by atoms with Crippen molar-refractivity contribution in [1.29, 1.82) is 0 Å². The number of aromatic nitrogens is 1. The van der Waals surface area contributed by atoms with E-state index in [9.17, 15) is 19.2 Å². The number of likely N-dealkylation sites (tertiary alicyclic amines) is 1. The first-order chi connectivity index (χ1) is 13.9. The number of thiazole rings is 1. The molecule has 10 heteroatoms. The minimum Gasteiger partial charge on any atom is -0.465 e. The molecule has 0 bridgehead atoms. The normalized spacial score (nSPS) is 18.6. The third-order valence-corrected chi connectivity index (χ3v) is 5.61. The van der Waals surface area contributed by atoms with Crippen LogP contribution < -0.4 is 10.6 Å². The third-order valence-electron chi connectivity index (χ3n) is 4.85. The lowest BCUT2D eigenvalue weighted by molar-refractivity contribution is -0.131. The van der Waals surface area contributed by atoms with E-state index >= 15 is 0 Å². The van der Waals surface area contributed by atoms with E-state index in [-0.39, 0.29) is 24.7 Å². The van der Waals surface area contributed by atoms with Crippen LogP contribution in [0.2, 0.25) is 0 Å². The average molecular weight is 414 g/mol. The van der Waals surface area contributed by atoms with Crippen molar-refractivity contribution in [2.24, 2.45) is 5.92 Å². The number of imide groups is 1. The van der Waals surface area contributed by atoms with Crippen molar-refractivity contribution in [3.63, 3.8) is 0 Å². The Balaban J connectivity index is 1.40. The number of hydrogen-bond acceptors (Lipinski definition) is 6. The lowest BCUT2D eigenvalue weighted by atomic mass is 10.1. The lowest BCUT2D eigenvalue weighted by Crippen LogP contribution is -2.44. The van der Waals surface area contributed by atoms with Gasteiger partial charge in [0, 0.05) is 29.0 Å². The van der Waals surface area contributed by atoms with Gasteiger partial charge < -0.3 is 15.7 Å². The summed E-state index contributed by atoms with van der Waals surface area (Å²) in [4.78, 5) is 51.9. The zero-order valence-electron chi connectivity index (χ0n) is 15.3. The van der Waals surface area contributed by atoms with Gasteiger partial charge in [-0.2, -0.15) is 0 Å². The van der Waals surface area contributed by atoms with Gasteiger partial charge in [0.1, 0.15) is 6.04 Å². The van der Waals surface area contributed by atoms with E-state index in [0.29, 0.717) is 21.4 Å². The summed E-state index contributed by atoms with van der Waals surface area (Å²) in [7, 11) is 0. The Morgan fingerprint density at radius 2 is 1.79 bits per heavy atom. The minimum absolute atomic E-state index is 0.0249. The fourth-order valence-electron chi connectivity index (χ4n) is 3.14. The number of carboxylic acid groups (broad SMARTS) is 1. The van der Waals surface area contributed by atoms with Gasteiger partial charge >= 0.3 is 6.09 Å². The number of carbonyl (C=O) groups excluding carboxylic acids is 3. The number of nitrogens with one attached hydrogen (secondary N) is 2. The van der Waals surface area contributed by atoms with Gasteiger partial charge in [0.15, 0.2) is 5.13 Å². The molecule has 29 heavy (non-hydrogen) atoms. The van der Waals surface area contributed by atoms with Gasteiger partial charge in [0.25, 0.3) is 0 Å². The molecule has 4 rings (SSSR count). The highest BCUT2D eigenvalue weighted by Gasteiger charge is 2.40. The van der Waals surface area contributed by atoms with Crippen LogP contribution in [0.5, 0.6) is 0 Å². The van der Waals surface area contributed by atoms with Crippen LogP contribution in [-0.2, 0) is 14.4 Å². The molecule has 0 spiro atoms. The maximum Gasteiger partial charge on any atom is 0.414 e. The minimum atomic E-state index is -1.43. The highest BCUT2D eigenvalue weighted by atomic mass is 32.1. The van der Waals surface area contributed by atoms with E-state index in [4.69, 9.17) is 5.11 Å². The number of amides is 4. The SMILES string of the molecule is O=C(Nc1ccc(-c2csc(NC(=O)C3CCC(=O)N3C(=O)O)n2)cc1)C1CC1. The van der Waals surface area contributed by atoms with E-state index < -0.39 is 23.9 Å². The molecule has 1 unspecified atom stereocenters. The summed E-state index contributed by atoms with van der Waals surface area (Å²) in [5, 5.41) is 16.7. The Bertz CT molecular complexity index is 983. The van der Waals surface area contributed by atoms with Gasteiger partial charge in [-0.3, -0.25) is 14.4 Å². The highest BCUT2D eigenvalue weighted by Crippen LogP contribution is 2.31. The number of hydrogen-bond donors (Lipinski definition) is 3. The van der Waals surface area contributed by atoms with Crippen molar-refractivity contribution in [3.8, 4) is 11.3 Å². The fraction of sp³-hybridized carbons (Fsp3) is 0.316. The summed E-state index contributed by atoms with van der Waals surface area (Å²) < 4.78 is 0. The van der Waals surface area contributed by atoms with Crippen molar-refractivity contribution in [2.75, 3.05) is 10.6 Å². The topological polar surface area (TPSA) is 129 Å². The summed E-state index contributed by atoms with van der Waals surface area (Å²) in [6.07, 6.45) is 0.634. The quantitative estimate of drug-likeness (QED) is 0.690. The highest BCUT2D eigenvalue weighted by molar-refractivity contribution is 7.14. The van der Waals surface area contributed by atoms with Crippen molar-refractivity contribution in [1.82, 2.24) is 9.88 Å². The second-order valence-electron chi connectivity index (χ2n) is 6.97. The molecule has 2 aliphatic rings. The van der Waals surface area contributed by atoms with E-state index in [2.05, 4.69) is 15.6 Å². The van der Waals surface area contributed by atoms with Gasteiger partial charge in [-0.1, -0.05) is 12.1 Å². The predicted molar refractivity (Wildman–Crippen MR) is 105 cm³/mol. The molecule has 1 saturated heterocycles. The molecular weight excluding hydrogens is 396 g/mol. The van der Waals surface area contributed by atoms with Crippen LogP contribution in [0.4, 0.5) is 15.6 Å². The van der Waals surface area contributed by atoms with Gasteiger partial charge in [-0.05, 0) is 31.4 Å². The van der Waals surface area contributed by atoms with Crippen molar-refractivity contribution < 1.29 is 24.3 Å². The van der Waals surface area contributed by atoms with Crippen LogP contribution in [0.1, 0.15) is 25.7 Å². The molecule has 1 aliphatic carbocycles. The molecule has 1 aliphatic heterocycles. The molecule has 2 heterocycles. The first-order valence-electron chi connectivity index (χ1n) is 9.15. The summed E-state index contributed by atoms with van der Waals surface area (Å²) >= 11 is 1.21. The smallest absolute Gasteiger partial charge is 0.414 e. The average Bonchev–Trinajstić information content (AvgIpc) is 3.32. The zero-order chi connectivity index (χ0) is 20.5. The van der Waals surface area contributed by atoms with Crippen LogP contribution in [0.15, 0.2) is 29.6 Å². The first kappa shape index (κ1) is 19.1. The van der Waals surface area contributed by atoms with Gasteiger partial charge in [-0.25, -0.2) is 14.7 Å². The lowest BCUT2D eigenvalue weighted by Gasteiger charge is -2.18. The zero-order valence-corrected chi connectivity index (χ0v) is 16.1. The van der Waals surface area contributed by atoms with Gasteiger partial charge in [0.2, 0.25) is 17.7 Å². The summed E-state index contributed by atoms with van der Waals surface area (Å²) in [6.45, 7) is 0. The number of nitrogens with zero attached hydrogens (tertiary/aromatic N) is 2. The van der Waals surface area contributed by atoms with E-state index in [1.54, 1.807) is 17.5 Å². The Hall–Kier alpha value is -3.27. The van der Waals surface area contributed by atoms with Crippen molar-refractivity contribution in [3.05, 3.63) is 29.6 Å². The molecule has 1 aromatic carbocycles. The van der Waals surface area contributed by atoms with E-state index in [0.717, 1.165) is 18.4 Å². The Labute approximate surface area is 169 Å². The molecule has 150 valence electrons. The van der Waals surface area contributed by atoms with Crippen LogP contribution in [0.3, 0.4) is 0 Å². The Morgan fingerprint density at radius 1 is 1.07 bits per heavy atom. The monoisotopic (exact) mass is 414 g/mol. The third kappa shape index (κ3) is 4.11. The summed E-state index contributed by atoms with van der Waals surface area (Å²) in [6, 6.07) is 6.20. The largest absolute Gasteiger partial charge is 0.465 e. The first-order valence-corrected chi connectivity index (χ1v) is 10.0. The molecule has 3 N–H and O–H groups in total. The van der Waals surface area contributed by atoms with Gasteiger partial charge in [0.05, 0.1) is 5.69 Å². The van der Waals surface area contributed by atoms with E-state index in [1.807, 2.05) is 12.1 Å². The second kappa shape index (κ2) is 7.63. The standard InChI is InChI=1S/C19H18N4O5S/c24-15-8-7-14(23(15)19(27)28)17(26)22-18-21-13(9-29-18)10-3-5-12(6-4-10)20-16(25)11-1-2-11/h3-6,9,11,14H,1-2,7-8H2,(H,20,25)(H,27,28)(H,21,22,26). The van der Waals surface area contributed by atoms with Crippen LogP contribution in [0, 0.1) is 5.92 Å². The number of benzene rings is 1. The summed E-state index contributed by atoms with van der Waals surface area (Å²) in [5.41, 5.74) is 2.17.